The molecule has 0 bridgehead atoms. The van der Waals surface area contributed by atoms with Gasteiger partial charge < -0.3 is 19.7 Å². The lowest BCUT2D eigenvalue weighted by Gasteiger charge is -2.32. The first-order chi connectivity index (χ1) is 11.1. The van der Waals surface area contributed by atoms with Crippen LogP contribution in [-0.2, 0) is 9.53 Å². The summed E-state index contributed by atoms with van der Waals surface area (Å²) in [6.07, 6.45) is 1.81. The number of hydrogen-bond acceptors (Lipinski definition) is 4. The summed E-state index contributed by atoms with van der Waals surface area (Å²) in [5.41, 5.74) is 1.79. The van der Waals surface area contributed by atoms with Crippen LogP contribution < -0.4 is 5.69 Å². The Morgan fingerprint density at radius 2 is 2.04 bits per heavy atom. The standard InChI is InChI=1S/C16H21N3O4/c20-15(21)11-23-10-9-18-7-5-12(6-8-18)19-14-4-2-1-3-13(14)17-16(19)22/h1-4,12H,5-11H2,(H,17,22)(H,20,21). The highest BCUT2D eigenvalue weighted by atomic mass is 16.5. The number of imidazole rings is 1. The zero-order valence-corrected chi connectivity index (χ0v) is 12.9. The number of aliphatic carboxylic acids is 1. The van der Waals surface area contributed by atoms with Gasteiger partial charge in [-0.1, -0.05) is 12.1 Å². The molecule has 1 fully saturated rings. The van der Waals surface area contributed by atoms with Gasteiger partial charge in [-0.05, 0) is 25.0 Å². The van der Waals surface area contributed by atoms with E-state index < -0.39 is 5.97 Å². The number of fused-ring (bicyclic) bond motifs is 1. The number of para-hydroxylation sites is 2. The first-order valence-electron chi connectivity index (χ1n) is 7.86. The third kappa shape index (κ3) is 3.62. The molecule has 1 aliphatic rings. The number of piperidine rings is 1. The Labute approximate surface area is 133 Å². The van der Waals surface area contributed by atoms with Crippen LogP contribution in [0.15, 0.2) is 29.1 Å². The molecule has 1 aliphatic heterocycles. The summed E-state index contributed by atoms with van der Waals surface area (Å²) in [5, 5.41) is 8.53. The minimum Gasteiger partial charge on any atom is -0.480 e. The molecule has 0 aliphatic carbocycles. The summed E-state index contributed by atoms with van der Waals surface area (Å²) in [6.45, 7) is 2.66. The molecule has 2 N–H and O–H groups in total. The van der Waals surface area contributed by atoms with Gasteiger partial charge in [-0.2, -0.15) is 0 Å². The molecular weight excluding hydrogens is 298 g/mol. The first kappa shape index (κ1) is 15.8. The van der Waals surface area contributed by atoms with E-state index in [2.05, 4.69) is 9.88 Å². The van der Waals surface area contributed by atoms with Crippen molar-refractivity contribution in [2.24, 2.45) is 0 Å². The Hall–Kier alpha value is -2.12. The van der Waals surface area contributed by atoms with Crippen molar-refractivity contribution in [2.45, 2.75) is 18.9 Å². The second-order valence-electron chi connectivity index (χ2n) is 5.84. The number of nitrogens with zero attached hydrogens (tertiary/aromatic N) is 2. The van der Waals surface area contributed by atoms with Gasteiger partial charge in [0.15, 0.2) is 0 Å². The summed E-state index contributed by atoms with van der Waals surface area (Å²) in [4.78, 5) is 27.8. The van der Waals surface area contributed by atoms with Crippen molar-refractivity contribution in [2.75, 3.05) is 32.8 Å². The molecule has 0 saturated carbocycles. The maximum absolute atomic E-state index is 12.2. The third-order valence-electron chi connectivity index (χ3n) is 4.32. The van der Waals surface area contributed by atoms with E-state index in [4.69, 9.17) is 9.84 Å². The zero-order valence-electron chi connectivity index (χ0n) is 12.9. The second kappa shape index (κ2) is 6.97. The van der Waals surface area contributed by atoms with Crippen LogP contribution in [0.3, 0.4) is 0 Å². The van der Waals surface area contributed by atoms with Crippen molar-refractivity contribution in [1.82, 2.24) is 14.5 Å². The Kier molecular flexibility index (Phi) is 4.78. The maximum Gasteiger partial charge on any atom is 0.329 e. The number of rotatable bonds is 6. The van der Waals surface area contributed by atoms with E-state index in [0.29, 0.717) is 6.61 Å². The van der Waals surface area contributed by atoms with Gasteiger partial charge in [0.2, 0.25) is 0 Å². The van der Waals surface area contributed by atoms with Crippen LogP contribution in [0.1, 0.15) is 18.9 Å². The molecule has 1 aromatic carbocycles. The largest absolute Gasteiger partial charge is 0.480 e. The number of H-pyrrole nitrogens is 1. The molecule has 0 radical (unpaired) electrons. The fourth-order valence-corrected chi connectivity index (χ4v) is 3.19. The van der Waals surface area contributed by atoms with E-state index in [9.17, 15) is 9.59 Å². The number of aromatic nitrogens is 2. The number of aromatic amines is 1. The van der Waals surface area contributed by atoms with Crippen LogP contribution in [-0.4, -0.2) is 58.4 Å². The normalized spacial score (nSPS) is 16.9. The highest BCUT2D eigenvalue weighted by molar-refractivity contribution is 5.75. The van der Waals surface area contributed by atoms with Gasteiger partial charge >= 0.3 is 11.7 Å². The third-order valence-corrected chi connectivity index (χ3v) is 4.32. The van der Waals surface area contributed by atoms with Crippen molar-refractivity contribution in [3.05, 3.63) is 34.7 Å². The number of carboxylic acid groups (broad SMARTS) is 1. The quantitative estimate of drug-likeness (QED) is 0.778. The number of nitrogens with one attached hydrogen (secondary N) is 1. The molecule has 2 aromatic rings. The summed E-state index contributed by atoms with van der Waals surface area (Å²) in [7, 11) is 0. The molecular formula is C16H21N3O4. The number of carboxylic acids is 1. The Balaban J connectivity index is 1.57. The van der Waals surface area contributed by atoms with Crippen molar-refractivity contribution >= 4 is 17.0 Å². The van der Waals surface area contributed by atoms with E-state index >= 15 is 0 Å². The molecule has 1 aromatic heterocycles. The van der Waals surface area contributed by atoms with E-state index in [0.717, 1.165) is 43.5 Å². The number of likely N-dealkylation sites (tertiary alicyclic amines) is 1. The Morgan fingerprint density at radius 3 is 2.78 bits per heavy atom. The minimum absolute atomic E-state index is 0.0468. The molecule has 0 atom stereocenters. The van der Waals surface area contributed by atoms with Crippen LogP contribution in [0.4, 0.5) is 0 Å². The Bertz CT molecular complexity index is 728. The van der Waals surface area contributed by atoms with E-state index in [1.807, 2.05) is 28.8 Å². The molecule has 124 valence electrons. The molecule has 1 saturated heterocycles. The summed E-state index contributed by atoms with van der Waals surface area (Å²) in [5.74, 6) is -0.942. The SMILES string of the molecule is O=C(O)COCCN1CCC(n2c(=O)[nH]c3ccccc32)CC1. The van der Waals surface area contributed by atoms with Gasteiger partial charge in [-0.25, -0.2) is 9.59 Å². The van der Waals surface area contributed by atoms with Gasteiger partial charge in [0, 0.05) is 25.7 Å². The highest BCUT2D eigenvalue weighted by Crippen LogP contribution is 2.24. The minimum atomic E-state index is -0.942. The van der Waals surface area contributed by atoms with Gasteiger partial charge in [0.25, 0.3) is 0 Å². The average molecular weight is 319 g/mol. The topological polar surface area (TPSA) is 87.6 Å². The van der Waals surface area contributed by atoms with Crippen molar-refractivity contribution < 1.29 is 14.6 Å². The fourth-order valence-electron chi connectivity index (χ4n) is 3.19. The molecule has 0 unspecified atom stereocenters. The molecule has 3 rings (SSSR count). The molecule has 7 nitrogen and oxygen atoms in total. The predicted octanol–water partition coefficient (Wildman–Crippen LogP) is 1.07. The molecule has 2 heterocycles. The second-order valence-corrected chi connectivity index (χ2v) is 5.84. The fraction of sp³-hybridized carbons (Fsp3) is 0.500. The number of benzene rings is 1. The molecule has 7 heteroatoms. The monoisotopic (exact) mass is 319 g/mol. The van der Waals surface area contributed by atoms with Crippen LogP contribution in [0.25, 0.3) is 11.0 Å². The van der Waals surface area contributed by atoms with Crippen LogP contribution in [0, 0.1) is 0 Å². The predicted molar refractivity (Wildman–Crippen MR) is 85.7 cm³/mol. The molecule has 0 spiro atoms. The molecule has 0 amide bonds. The number of hydrogen-bond donors (Lipinski definition) is 2. The lowest BCUT2D eigenvalue weighted by atomic mass is 10.0. The summed E-state index contributed by atoms with van der Waals surface area (Å²) in [6, 6.07) is 7.96. The smallest absolute Gasteiger partial charge is 0.329 e. The number of carbonyl (C=O) groups is 1. The molecule has 23 heavy (non-hydrogen) atoms. The van der Waals surface area contributed by atoms with Gasteiger partial charge in [0.05, 0.1) is 17.6 Å². The van der Waals surface area contributed by atoms with E-state index in [1.165, 1.54) is 0 Å². The summed E-state index contributed by atoms with van der Waals surface area (Å²) < 4.78 is 6.94. The van der Waals surface area contributed by atoms with Gasteiger partial charge in [0.1, 0.15) is 6.61 Å². The summed E-state index contributed by atoms with van der Waals surface area (Å²) >= 11 is 0. The van der Waals surface area contributed by atoms with Gasteiger partial charge in [-0.15, -0.1) is 0 Å². The first-order valence-corrected chi connectivity index (χ1v) is 7.86. The van der Waals surface area contributed by atoms with Crippen molar-refractivity contribution in [3.8, 4) is 0 Å². The average Bonchev–Trinajstić information content (AvgIpc) is 2.88. The van der Waals surface area contributed by atoms with Crippen molar-refractivity contribution in [3.63, 3.8) is 0 Å². The Morgan fingerprint density at radius 1 is 1.30 bits per heavy atom. The van der Waals surface area contributed by atoms with E-state index in [1.54, 1.807) is 0 Å². The van der Waals surface area contributed by atoms with Crippen LogP contribution >= 0.6 is 0 Å². The lowest BCUT2D eigenvalue weighted by Crippen LogP contribution is -2.38. The maximum atomic E-state index is 12.2. The van der Waals surface area contributed by atoms with Crippen molar-refractivity contribution in [1.29, 1.82) is 0 Å². The highest BCUT2D eigenvalue weighted by Gasteiger charge is 2.23. The van der Waals surface area contributed by atoms with E-state index in [-0.39, 0.29) is 18.3 Å². The van der Waals surface area contributed by atoms with Crippen LogP contribution in [0.2, 0.25) is 0 Å². The number of ether oxygens (including phenoxy) is 1. The zero-order chi connectivity index (χ0) is 16.2. The van der Waals surface area contributed by atoms with Gasteiger partial charge in [-0.3, -0.25) is 4.57 Å². The van der Waals surface area contributed by atoms with Crippen LogP contribution in [0.5, 0.6) is 0 Å². The lowest BCUT2D eigenvalue weighted by molar-refractivity contribution is -0.142.